The van der Waals surface area contributed by atoms with Crippen molar-refractivity contribution in [3.05, 3.63) is 40.3 Å². The SMILES string of the molecule is COC(=O)CNC(=S)N1CCC(c2nc(C(=O)Nc3ccccc3N3CCCCC3)cs2)CC1. The molecule has 2 aromatic rings. The predicted octanol–water partition coefficient (Wildman–Crippen LogP) is 3.61. The van der Waals surface area contributed by atoms with E-state index in [0.717, 1.165) is 55.4 Å². The first-order valence-corrected chi connectivity index (χ1v) is 13.0. The van der Waals surface area contributed by atoms with E-state index in [1.165, 1.54) is 26.4 Å². The number of rotatable bonds is 6. The number of methoxy groups -OCH3 is 1. The molecular weight excluding hydrogens is 470 g/mol. The lowest BCUT2D eigenvalue weighted by Gasteiger charge is -2.33. The van der Waals surface area contributed by atoms with Crippen molar-refractivity contribution in [2.75, 3.05) is 50.1 Å². The van der Waals surface area contributed by atoms with Gasteiger partial charge in [0.2, 0.25) is 0 Å². The highest BCUT2D eigenvalue weighted by molar-refractivity contribution is 7.80. The molecule has 0 aliphatic carbocycles. The summed E-state index contributed by atoms with van der Waals surface area (Å²) in [4.78, 5) is 33.4. The quantitative estimate of drug-likeness (QED) is 0.459. The van der Waals surface area contributed by atoms with Gasteiger partial charge in [-0.1, -0.05) is 12.1 Å². The Kier molecular flexibility index (Phi) is 8.34. The zero-order chi connectivity index (χ0) is 23.9. The van der Waals surface area contributed by atoms with E-state index in [-0.39, 0.29) is 18.4 Å². The minimum Gasteiger partial charge on any atom is -0.468 e. The van der Waals surface area contributed by atoms with Gasteiger partial charge in [0.25, 0.3) is 5.91 Å². The number of likely N-dealkylation sites (tertiary alicyclic amines) is 1. The summed E-state index contributed by atoms with van der Waals surface area (Å²) >= 11 is 6.93. The van der Waals surface area contributed by atoms with Crippen molar-refractivity contribution in [1.82, 2.24) is 15.2 Å². The second kappa shape index (κ2) is 11.6. The molecule has 182 valence electrons. The van der Waals surface area contributed by atoms with Crippen molar-refractivity contribution in [3.8, 4) is 0 Å². The zero-order valence-corrected chi connectivity index (χ0v) is 21.1. The summed E-state index contributed by atoms with van der Waals surface area (Å²) in [6.45, 7) is 3.67. The largest absolute Gasteiger partial charge is 0.468 e. The number of carbonyl (C=O) groups excluding carboxylic acids is 2. The molecule has 0 atom stereocenters. The van der Waals surface area contributed by atoms with Crippen LogP contribution >= 0.6 is 23.6 Å². The first kappa shape index (κ1) is 24.4. The number of amides is 1. The van der Waals surface area contributed by atoms with E-state index in [0.29, 0.717) is 16.7 Å². The molecule has 0 unspecified atom stereocenters. The van der Waals surface area contributed by atoms with Crippen molar-refractivity contribution in [2.45, 2.75) is 38.0 Å². The number of carbonyl (C=O) groups is 2. The normalized spacial score (nSPS) is 16.7. The van der Waals surface area contributed by atoms with E-state index >= 15 is 0 Å². The van der Waals surface area contributed by atoms with E-state index in [1.54, 1.807) is 11.3 Å². The molecule has 10 heteroatoms. The molecule has 0 radical (unpaired) electrons. The fourth-order valence-corrected chi connectivity index (χ4v) is 5.64. The first-order chi connectivity index (χ1) is 16.5. The molecule has 8 nitrogen and oxygen atoms in total. The number of para-hydroxylation sites is 2. The Morgan fingerprint density at radius 2 is 1.88 bits per heavy atom. The number of thiocarbonyl (C=S) groups is 1. The molecule has 4 rings (SSSR count). The fourth-order valence-electron chi connectivity index (χ4n) is 4.42. The van der Waals surface area contributed by atoms with Gasteiger partial charge in [-0.15, -0.1) is 11.3 Å². The minimum absolute atomic E-state index is 0.0705. The molecule has 1 amide bonds. The van der Waals surface area contributed by atoms with Crippen LogP contribution in [0.4, 0.5) is 11.4 Å². The molecule has 2 aliphatic rings. The summed E-state index contributed by atoms with van der Waals surface area (Å²) in [6, 6.07) is 8.00. The molecule has 0 spiro atoms. The molecule has 34 heavy (non-hydrogen) atoms. The van der Waals surface area contributed by atoms with E-state index in [2.05, 4.69) is 36.2 Å². The van der Waals surface area contributed by atoms with Gasteiger partial charge in [0, 0.05) is 37.5 Å². The molecule has 2 saturated heterocycles. The number of nitrogens with one attached hydrogen (secondary N) is 2. The summed E-state index contributed by atoms with van der Waals surface area (Å²) in [6.07, 6.45) is 5.42. The predicted molar refractivity (Wildman–Crippen MR) is 139 cm³/mol. The third-order valence-corrected chi connectivity index (χ3v) is 7.76. The lowest BCUT2D eigenvalue weighted by atomic mass is 9.98. The smallest absolute Gasteiger partial charge is 0.325 e. The highest BCUT2D eigenvalue weighted by Crippen LogP contribution is 2.32. The number of ether oxygens (including phenoxy) is 1. The van der Waals surface area contributed by atoms with Crippen molar-refractivity contribution in [2.24, 2.45) is 0 Å². The Balaban J connectivity index is 1.32. The van der Waals surface area contributed by atoms with Crippen LogP contribution in [0.3, 0.4) is 0 Å². The molecule has 2 aliphatic heterocycles. The number of benzene rings is 1. The maximum absolute atomic E-state index is 13.0. The topological polar surface area (TPSA) is 86.8 Å². The monoisotopic (exact) mass is 501 g/mol. The van der Waals surface area contributed by atoms with Crippen LogP contribution in [0, 0.1) is 0 Å². The molecular formula is C24H31N5O3S2. The van der Waals surface area contributed by atoms with Crippen LogP contribution in [0.2, 0.25) is 0 Å². The van der Waals surface area contributed by atoms with Gasteiger partial charge in [0.15, 0.2) is 5.11 Å². The summed E-state index contributed by atoms with van der Waals surface area (Å²) < 4.78 is 4.64. The van der Waals surface area contributed by atoms with Crippen molar-refractivity contribution >= 4 is 51.9 Å². The molecule has 2 fully saturated rings. The van der Waals surface area contributed by atoms with E-state index in [9.17, 15) is 9.59 Å². The summed E-state index contributed by atoms with van der Waals surface area (Å²) in [5, 5.41) is 9.43. The van der Waals surface area contributed by atoms with Gasteiger partial charge in [-0.2, -0.15) is 0 Å². The van der Waals surface area contributed by atoms with Crippen molar-refractivity contribution in [3.63, 3.8) is 0 Å². The lowest BCUT2D eigenvalue weighted by molar-refractivity contribution is -0.139. The van der Waals surface area contributed by atoms with Gasteiger partial charge in [-0.25, -0.2) is 4.98 Å². The van der Waals surface area contributed by atoms with Gasteiger partial charge >= 0.3 is 5.97 Å². The molecule has 0 bridgehead atoms. The highest BCUT2D eigenvalue weighted by Gasteiger charge is 2.25. The number of hydrogen-bond donors (Lipinski definition) is 2. The van der Waals surface area contributed by atoms with Gasteiger partial charge < -0.3 is 25.2 Å². The number of nitrogens with zero attached hydrogens (tertiary/aromatic N) is 3. The Morgan fingerprint density at radius 1 is 1.15 bits per heavy atom. The Bertz CT molecular complexity index is 1010. The maximum Gasteiger partial charge on any atom is 0.325 e. The van der Waals surface area contributed by atoms with Crippen molar-refractivity contribution < 1.29 is 14.3 Å². The van der Waals surface area contributed by atoms with Gasteiger partial charge in [0.05, 0.1) is 23.5 Å². The van der Waals surface area contributed by atoms with Crippen molar-refractivity contribution in [1.29, 1.82) is 0 Å². The Hall–Kier alpha value is -2.72. The third-order valence-electron chi connectivity index (χ3n) is 6.35. The van der Waals surface area contributed by atoms with Gasteiger partial charge in [-0.3, -0.25) is 9.59 Å². The van der Waals surface area contributed by atoms with Crippen LogP contribution in [0.5, 0.6) is 0 Å². The van der Waals surface area contributed by atoms with Crippen LogP contribution in [0.25, 0.3) is 0 Å². The summed E-state index contributed by atoms with van der Waals surface area (Å²) in [7, 11) is 1.36. The number of hydrogen-bond acceptors (Lipinski definition) is 7. The Morgan fingerprint density at radius 3 is 2.62 bits per heavy atom. The zero-order valence-electron chi connectivity index (χ0n) is 19.4. The van der Waals surface area contributed by atoms with Crippen LogP contribution in [-0.4, -0.2) is 66.7 Å². The summed E-state index contributed by atoms with van der Waals surface area (Å²) in [5.41, 5.74) is 2.38. The van der Waals surface area contributed by atoms with Crippen LogP contribution < -0.4 is 15.5 Å². The fraction of sp³-hybridized carbons (Fsp3) is 0.500. The molecule has 0 saturated carbocycles. The standard InChI is InChI=1S/C24H31N5O3S2/c1-32-21(30)15-25-24(33)29-13-9-17(10-14-29)23-27-19(16-34-23)22(31)26-18-7-3-4-8-20(18)28-11-5-2-6-12-28/h3-4,7-8,16-17H,2,5-6,9-15H2,1H3,(H,25,33)(H,26,31). The molecule has 3 heterocycles. The average Bonchev–Trinajstić information content (AvgIpc) is 3.38. The van der Waals surface area contributed by atoms with E-state index in [4.69, 9.17) is 12.2 Å². The number of aromatic nitrogens is 1. The Labute approximate surface area is 209 Å². The van der Waals surface area contributed by atoms with Gasteiger partial charge in [0.1, 0.15) is 12.2 Å². The number of esters is 1. The average molecular weight is 502 g/mol. The van der Waals surface area contributed by atoms with Crippen LogP contribution in [-0.2, 0) is 9.53 Å². The minimum atomic E-state index is -0.343. The second-order valence-electron chi connectivity index (χ2n) is 8.59. The van der Waals surface area contributed by atoms with Gasteiger partial charge in [-0.05, 0) is 56.5 Å². The second-order valence-corrected chi connectivity index (χ2v) is 9.86. The van der Waals surface area contributed by atoms with Crippen LogP contribution in [0.1, 0.15) is 53.5 Å². The molecule has 1 aromatic heterocycles. The number of thiazole rings is 1. The van der Waals surface area contributed by atoms with E-state index < -0.39 is 0 Å². The lowest BCUT2D eigenvalue weighted by Crippen LogP contribution is -2.45. The number of piperidine rings is 2. The molecule has 1 aromatic carbocycles. The third kappa shape index (κ3) is 6.04. The maximum atomic E-state index is 13.0. The van der Waals surface area contributed by atoms with Crippen LogP contribution in [0.15, 0.2) is 29.6 Å². The molecule has 2 N–H and O–H groups in total. The summed E-state index contributed by atoms with van der Waals surface area (Å²) in [5.74, 6) is -0.214. The number of anilines is 2. The first-order valence-electron chi connectivity index (χ1n) is 11.8. The highest BCUT2D eigenvalue weighted by atomic mass is 32.1. The van der Waals surface area contributed by atoms with E-state index in [1.807, 2.05) is 23.6 Å².